The molecule has 0 heterocycles. The van der Waals surface area contributed by atoms with Crippen molar-refractivity contribution in [2.45, 2.75) is 59.3 Å². The minimum Gasteiger partial charge on any atom is -0.0698 e. The predicted octanol–water partition coefficient (Wildman–Crippen LogP) is 5.18. The fourth-order valence-corrected chi connectivity index (χ4v) is 4.08. The van der Waals surface area contributed by atoms with Gasteiger partial charge < -0.3 is 0 Å². The van der Waals surface area contributed by atoms with Gasteiger partial charge in [0, 0.05) is 0 Å². The largest absolute Gasteiger partial charge is 0.0698 e. The minimum absolute atomic E-state index is 0.864. The Morgan fingerprint density at radius 1 is 1.06 bits per heavy atom. The Bertz CT molecular complexity index is 431. The maximum absolute atomic E-state index is 2.57. The van der Waals surface area contributed by atoms with E-state index in [4.69, 9.17) is 0 Å². The van der Waals surface area contributed by atoms with Gasteiger partial charge in [0.2, 0.25) is 0 Å². The predicted molar refractivity (Wildman–Crippen MR) is 73.8 cm³/mol. The summed E-state index contributed by atoms with van der Waals surface area (Å²) in [7, 11) is 0. The number of hydrogen-bond donors (Lipinski definition) is 0. The van der Waals surface area contributed by atoms with Crippen LogP contribution in [0.15, 0.2) is 33.9 Å². The van der Waals surface area contributed by atoms with E-state index in [1.165, 1.54) is 38.5 Å². The van der Waals surface area contributed by atoms with Crippen LogP contribution in [0.25, 0.3) is 0 Å². The summed E-state index contributed by atoms with van der Waals surface area (Å²) in [6.07, 6.45) is 10.7. The second-order valence-corrected chi connectivity index (χ2v) is 6.34. The van der Waals surface area contributed by atoms with Crippen molar-refractivity contribution < 1.29 is 0 Å². The number of allylic oxidation sites excluding steroid dienone is 6. The van der Waals surface area contributed by atoms with Crippen LogP contribution in [0.3, 0.4) is 0 Å². The van der Waals surface area contributed by atoms with Gasteiger partial charge in [-0.05, 0) is 80.9 Å². The maximum atomic E-state index is 2.57. The summed E-state index contributed by atoms with van der Waals surface area (Å²) in [5.41, 5.74) is 8.42. The molecule has 0 saturated heterocycles. The molecule has 3 aliphatic rings. The Kier molecular flexibility index (Phi) is 2.77. The summed E-state index contributed by atoms with van der Waals surface area (Å²) in [6, 6.07) is 0. The Labute approximate surface area is 105 Å². The zero-order valence-electron chi connectivity index (χ0n) is 11.5. The van der Waals surface area contributed by atoms with Crippen molar-refractivity contribution in [3.05, 3.63) is 33.9 Å². The topological polar surface area (TPSA) is 0 Å². The molecule has 0 aliphatic heterocycles. The molecule has 0 aromatic heterocycles. The molecule has 0 spiro atoms. The first-order chi connectivity index (χ1) is 8.16. The van der Waals surface area contributed by atoms with Gasteiger partial charge in [0.05, 0.1) is 0 Å². The summed E-state index contributed by atoms with van der Waals surface area (Å²) in [5.74, 6) is 1.74. The molecular formula is C17H24. The van der Waals surface area contributed by atoms with Crippen LogP contribution in [0.5, 0.6) is 0 Å². The lowest BCUT2D eigenvalue weighted by atomic mass is 9.76. The van der Waals surface area contributed by atoms with Crippen LogP contribution < -0.4 is 0 Å². The molecule has 0 aromatic carbocycles. The maximum Gasteiger partial charge on any atom is -0.0130 e. The van der Waals surface area contributed by atoms with Gasteiger partial charge in [-0.2, -0.15) is 0 Å². The Morgan fingerprint density at radius 3 is 2.59 bits per heavy atom. The Morgan fingerprint density at radius 2 is 1.88 bits per heavy atom. The van der Waals surface area contributed by atoms with Crippen LogP contribution >= 0.6 is 0 Å². The van der Waals surface area contributed by atoms with Gasteiger partial charge >= 0.3 is 0 Å². The Hall–Kier alpha value is -0.780. The van der Waals surface area contributed by atoms with Crippen molar-refractivity contribution in [1.82, 2.24) is 0 Å². The molecule has 17 heavy (non-hydrogen) atoms. The van der Waals surface area contributed by atoms with E-state index in [9.17, 15) is 0 Å². The van der Waals surface area contributed by atoms with Crippen molar-refractivity contribution in [2.24, 2.45) is 11.8 Å². The molecule has 0 fully saturated rings. The first-order valence-electron chi connectivity index (χ1n) is 7.26. The van der Waals surface area contributed by atoms with Crippen LogP contribution in [0.1, 0.15) is 59.3 Å². The SMILES string of the molecule is CC1=C(C2=CC3=C(C)CC[C@@H]3[C@H](C)C2)CCC1. The van der Waals surface area contributed by atoms with Gasteiger partial charge in [-0.15, -0.1) is 0 Å². The normalized spacial score (nSPS) is 33.2. The molecular weight excluding hydrogens is 204 g/mol. The van der Waals surface area contributed by atoms with Crippen LogP contribution in [-0.2, 0) is 0 Å². The average molecular weight is 228 g/mol. The van der Waals surface area contributed by atoms with E-state index >= 15 is 0 Å². The number of hydrogen-bond acceptors (Lipinski definition) is 0. The van der Waals surface area contributed by atoms with Crippen molar-refractivity contribution in [2.75, 3.05) is 0 Å². The Balaban J connectivity index is 1.99. The second kappa shape index (κ2) is 4.15. The summed E-state index contributed by atoms with van der Waals surface area (Å²) in [5, 5.41) is 0. The van der Waals surface area contributed by atoms with E-state index in [2.05, 4.69) is 26.8 Å². The van der Waals surface area contributed by atoms with E-state index < -0.39 is 0 Å². The lowest BCUT2D eigenvalue weighted by Gasteiger charge is -2.29. The fraction of sp³-hybridized carbons (Fsp3) is 0.647. The smallest absolute Gasteiger partial charge is 0.0130 e. The van der Waals surface area contributed by atoms with Crippen molar-refractivity contribution in [1.29, 1.82) is 0 Å². The van der Waals surface area contributed by atoms with Crippen molar-refractivity contribution in [3.63, 3.8) is 0 Å². The molecule has 0 bridgehead atoms. The van der Waals surface area contributed by atoms with Gasteiger partial charge in [-0.1, -0.05) is 24.1 Å². The third kappa shape index (κ3) is 1.82. The highest BCUT2D eigenvalue weighted by molar-refractivity contribution is 5.47. The van der Waals surface area contributed by atoms with Crippen LogP contribution in [0, 0.1) is 11.8 Å². The third-order valence-corrected chi connectivity index (χ3v) is 5.16. The molecule has 0 amide bonds. The minimum atomic E-state index is 0.864. The lowest BCUT2D eigenvalue weighted by molar-refractivity contribution is 0.397. The van der Waals surface area contributed by atoms with E-state index in [0.29, 0.717) is 0 Å². The summed E-state index contributed by atoms with van der Waals surface area (Å²) in [6.45, 7) is 7.15. The summed E-state index contributed by atoms with van der Waals surface area (Å²) >= 11 is 0. The molecule has 0 N–H and O–H groups in total. The summed E-state index contributed by atoms with van der Waals surface area (Å²) < 4.78 is 0. The average Bonchev–Trinajstić information content (AvgIpc) is 2.86. The van der Waals surface area contributed by atoms with Crippen molar-refractivity contribution in [3.8, 4) is 0 Å². The molecule has 0 unspecified atom stereocenters. The molecule has 2 atom stereocenters. The van der Waals surface area contributed by atoms with E-state index in [0.717, 1.165) is 11.8 Å². The molecule has 3 rings (SSSR count). The highest BCUT2D eigenvalue weighted by Gasteiger charge is 2.32. The molecule has 0 heteroatoms. The number of rotatable bonds is 1. The standard InChI is InChI=1S/C17H24/c1-11-5-4-6-15(11)14-9-13(3)16-8-7-12(2)17(16)10-14/h10,13,16H,4-9H2,1-3H3/t13-,16-/m1/s1. The van der Waals surface area contributed by atoms with Crippen molar-refractivity contribution >= 4 is 0 Å². The summed E-state index contributed by atoms with van der Waals surface area (Å²) in [4.78, 5) is 0. The fourth-order valence-electron chi connectivity index (χ4n) is 4.08. The second-order valence-electron chi connectivity index (χ2n) is 6.34. The highest BCUT2D eigenvalue weighted by Crippen LogP contribution is 2.46. The zero-order chi connectivity index (χ0) is 12.0. The number of fused-ring (bicyclic) bond motifs is 1. The monoisotopic (exact) mass is 228 g/mol. The molecule has 3 aliphatic carbocycles. The first kappa shape index (κ1) is 11.3. The molecule has 0 aromatic rings. The van der Waals surface area contributed by atoms with Gasteiger partial charge in [0.1, 0.15) is 0 Å². The molecule has 0 saturated carbocycles. The van der Waals surface area contributed by atoms with Crippen LogP contribution in [-0.4, -0.2) is 0 Å². The third-order valence-electron chi connectivity index (χ3n) is 5.16. The van der Waals surface area contributed by atoms with Gasteiger partial charge in [0.25, 0.3) is 0 Å². The quantitative estimate of drug-likeness (QED) is 0.580. The zero-order valence-corrected chi connectivity index (χ0v) is 11.5. The van der Waals surface area contributed by atoms with Gasteiger partial charge in [-0.25, -0.2) is 0 Å². The molecule has 92 valence electrons. The highest BCUT2D eigenvalue weighted by atomic mass is 14.4. The molecule has 0 nitrogen and oxygen atoms in total. The van der Waals surface area contributed by atoms with Gasteiger partial charge in [0.15, 0.2) is 0 Å². The van der Waals surface area contributed by atoms with E-state index in [1.54, 1.807) is 27.9 Å². The van der Waals surface area contributed by atoms with E-state index in [1.807, 2.05) is 0 Å². The van der Waals surface area contributed by atoms with E-state index in [-0.39, 0.29) is 0 Å². The lowest BCUT2D eigenvalue weighted by Crippen LogP contribution is -2.17. The van der Waals surface area contributed by atoms with Crippen LogP contribution in [0.4, 0.5) is 0 Å². The first-order valence-corrected chi connectivity index (χ1v) is 7.26. The van der Waals surface area contributed by atoms with Crippen LogP contribution in [0.2, 0.25) is 0 Å². The van der Waals surface area contributed by atoms with Gasteiger partial charge in [-0.3, -0.25) is 0 Å². The molecule has 0 radical (unpaired) electrons.